The minimum Gasteiger partial charge on any atom is -0.453 e. The van der Waals surface area contributed by atoms with Crippen molar-refractivity contribution in [2.24, 2.45) is 0 Å². The second kappa shape index (κ2) is 3.28. The minimum atomic E-state index is -1.07. The fourth-order valence-corrected chi connectivity index (χ4v) is 1.27. The van der Waals surface area contributed by atoms with Crippen molar-refractivity contribution in [1.82, 2.24) is 0 Å². The Balaban J connectivity index is 2.42. The summed E-state index contributed by atoms with van der Waals surface area (Å²) in [7, 11) is 1.34. The molecule has 5 nitrogen and oxygen atoms in total. The Kier molecular flexibility index (Phi) is 2.11. The summed E-state index contributed by atoms with van der Waals surface area (Å²) >= 11 is 0. The number of hydroxylamine groups is 1. The highest BCUT2D eigenvalue weighted by Gasteiger charge is 2.33. The Labute approximate surface area is 80.4 Å². The lowest BCUT2D eigenvalue weighted by molar-refractivity contribution is -0.153. The van der Waals surface area contributed by atoms with E-state index in [2.05, 4.69) is 0 Å². The number of para-hydroxylation sites is 2. The molecule has 1 aliphatic rings. The molecule has 2 rings (SSSR count). The first kappa shape index (κ1) is 8.98. The van der Waals surface area contributed by atoms with Crippen LogP contribution in [0.15, 0.2) is 24.3 Å². The molecule has 5 heteroatoms. The number of fused-ring (bicyclic) bond motifs is 1. The molecule has 1 heterocycles. The van der Waals surface area contributed by atoms with Crippen LogP contribution in [0.3, 0.4) is 0 Å². The second-order valence-electron chi connectivity index (χ2n) is 2.80. The maximum Gasteiger partial charge on any atom is 0.320 e. The third-order valence-electron chi connectivity index (χ3n) is 1.95. The Morgan fingerprint density at radius 2 is 2.21 bits per heavy atom. The molecule has 0 fully saturated rings. The highest BCUT2D eigenvalue weighted by molar-refractivity contribution is 5.96. The molecule has 0 unspecified atom stereocenters. The summed E-state index contributed by atoms with van der Waals surface area (Å²) in [4.78, 5) is 11.3. The maximum absolute atomic E-state index is 11.3. The van der Waals surface area contributed by atoms with Crippen molar-refractivity contribution in [1.29, 1.82) is 0 Å². The monoisotopic (exact) mass is 195 g/mol. The van der Waals surface area contributed by atoms with Crippen LogP contribution in [0.5, 0.6) is 5.75 Å². The van der Waals surface area contributed by atoms with E-state index in [-0.39, 0.29) is 0 Å². The molecule has 0 bridgehead atoms. The lowest BCUT2D eigenvalue weighted by atomic mass is 10.2. The molecule has 0 radical (unpaired) electrons. The number of methoxy groups -OCH3 is 1. The average molecular weight is 195 g/mol. The van der Waals surface area contributed by atoms with E-state index in [1.807, 2.05) is 0 Å². The van der Waals surface area contributed by atoms with E-state index in [0.29, 0.717) is 16.5 Å². The molecule has 0 aromatic heterocycles. The Morgan fingerprint density at radius 1 is 1.50 bits per heavy atom. The van der Waals surface area contributed by atoms with Gasteiger partial charge < -0.3 is 9.47 Å². The van der Waals surface area contributed by atoms with Gasteiger partial charge in [-0.2, -0.15) is 5.06 Å². The number of anilines is 1. The van der Waals surface area contributed by atoms with Crippen LogP contribution < -0.4 is 9.80 Å². The summed E-state index contributed by atoms with van der Waals surface area (Å²) in [6, 6.07) is 6.68. The topological polar surface area (TPSA) is 59.0 Å². The van der Waals surface area contributed by atoms with Gasteiger partial charge in [-0.05, 0) is 12.1 Å². The van der Waals surface area contributed by atoms with Gasteiger partial charge in [0.1, 0.15) is 11.4 Å². The predicted molar refractivity (Wildman–Crippen MR) is 47.1 cm³/mol. The van der Waals surface area contributed by atoms with Crippen LogP contribution in [0.2, 0.25) is 0 Å². The Morgan fingerprint density at radius 3 is 2.93 bits per heavy atom. The van der Waals surface area contributed by atoms with E-state index in [4.69, 9.17) is 9.47 Å². The largest absolute Gasteiger partial charge is 0.453 e. The van der Waals surface area contributed by atoms with E-state index in [9.17, 15) is 10.0 Å². The standard InChI is InChI=1S/C9H9NO4/c1-13-9-8(11)10(12)6-4-2-3-5-7(6)14-9/h2-5,9,12H,1H3/t9-/m1/s1. The summed E-state index contributed by atoms with van der Waals surface area (Å²) in [5, 5.41) is 9.99. The smallest absolute Gasteiger partial charge is 0.320 e. The predicted octanol–water partition coefficient (Wildman–Crippen LogP) is 0.774. The van der Waals surface area contributed by atoms with Gasteiger partial charge in [-0.15, -0.1) is 0 Å². The molecular weight excluding hydrogens is 186 g/mol. The number of carbonyl (C=O) groups is 1. The van der Waals surface area contributed by atoms with Gasteiger partial charge >= 0.3 is 5.91 Å². The van der Waals surface area contributed by atoms with Gasteiger partial charge in [-0.25, -0.2) is 0 Å². The summed E-state index contributed by atoms with van der Waals surface area (Å²) < 4.78 is 9.95. The van der Waals surface area contributed by atoms with Gasteiger partial charge in [0, 0.05) is 7.11 Å². The number of amides is 1. The van der Waals surface area contributed by atoms with Crippen LogP contribution in [0.1, 0.15) is 0 Å². The van der Waals surface area contributed by atoms with Crippen LogP contribution in [0.4, 0.5) is 5.69 Å². The van der Waals surface area contributed by atoms with Gasteiger partial charge in [0.2, 0.25) is 0 Å². The first-order chi connectivity index (χ1) is 6.74. The number of hydrogen-bond donors (Lipinski definition) is 1. The number of ether oxygens (including phenoxy) is 2. The molecule has 1 N–H and O–H groups in total. The van der Waals surface area contributed by atoms with Crippen LogP contribution in [0, 0.1) is 0 Å². The third-order valence-corrected chi connectivity index (χ3v) is 1.95. The molecule has 1 aromatic rings. The molecule has 0 saturated carbocycles. The van der Waals surface area contributed by atoms with E-state index < -0.39 is 12.2 Å². The van der Waals surface area contributed by atoms with Crippen LogP contribution >= 0.6 is 0 Å². The van der Waals surface area contributed by atoms with Crippen LogP contribution in [-0.2, 0) is 9.53 Å². The fraction of sp³-hybridized carbons (Fsp3) is 0.222. The molecule has 1 amide bonds. The number of carbonyl (C=O) groups excluding carboxylic acids is 1. The van der Waals surface area contributed by atoms with Crippen molar-refractivity contribution in [3.8, 4) is 5.75 Å². The van der Waals surface area contributed by atoms with Crippen LogP contribution in [0.25, 0.3) is 0 Å². The summed E-state index contributed by atoms with van der Waals surface area (Å²) in [6.07, 6.45) is -1.07. The summed E-state index contributed by atoms with van der Waals surface area (Å²) in [6.45, 7) is 0. The van der Waals surface area contributed by atoms with Crippen LogP contribution in [-0.4, -0.2) is 24.5 Å². The van der Waals surface area contributed by atoms with Crippen molar-refractivity contribution in [2.45, 2.75) is 6.29 Å². The molecule has 14 heavy (non-hydrogen) atoms. The highest BCUT2D eigenvalue weighted by atomic mass is 16.7. The lowest BCUT2D eigenvalue weighted by Crippen LogP contribution is -2.45. The first-order valence-electron chi connectivity index (χ1n) is 4.05. The normalized spacial score (nSPS) is 20.3. The second-order valence-corrected chi connectivity index (χ2v) is 2.80. The number of benzene rings is 1. The van der Waals surface area contributed by atoms with Crippen molar-refractivity contribution in [2.75, 3.05) is 12.2 Å². The fourth-order valence-electron chi connectivity index (χ4n) is 1.27. The summed E-state index contributed by atoms with van der Waals surface area (Å²) in [5.41, 5.74) is 0.325. The van der Waals surface area contributed by atoms with Crippen molar-refractivity contribution in [3.63, 3.8) is 0 Å². The third kappa shape index (κ3) is 1.23. The first-order valence-corrected chi connectivity index (χ1v) is 4.05. The molecule has 0 saturated heterocycles. The van der Waals surface area contributed by atoms with E-state index in [0.717, 1.165) is 0 Å². The van der Waals surface area contributed by atoms with Crippen molar-refractivity contribution in [3.05, 3.63) is 24.3 Å². The molecule has 74 valence electrons. The average Bonchev–Trinajstić information content (AvgIpc) is 2.23. The van der Waals surface area contributed by atoms with Gasteiger partial charge in [0.05, 0.1) is 0 Å². The zero-order valence-corrected chi connectivity index (χ0v) is 7.51. The summed E-state index contributed by atoms with van der Waals surface area (Å²) in [5.74, 6) is -0.215. The molecule has 1 aliphatic heterocycles. The Bertz CT molecular complexity index is 366. The van der Waals surface area contributed by atoms with Crippen molar-refractivity contribution < 1.29 is 19.5 Å². The highest BCUT2D eigenvalue weighted by Crippen LogP contribution is 2.32. The van der Waals surface area contributed by atoms with E-state index >= 15 is 0 Å². The molecule has 1 atom stereocenters. The lowest BCUT2D eigenvalue weighted by Gasteiger charge is -2.28. The van der Waals surface area contributed by atoms with E-state index in [1.54, 1.807) is 24.3 Å². The zero-order chi connectivity index (χ0) is 10.1. The van der Waals surface area contributed by atoms with Crippen molar-refractivity contribution >= 4 is 11.6 Å². The number of nitrogens with zero attached hydrogens (tertiary/aromatic N) is 1. The van der Waals surface area contributed by atoms with E-state index in [1.165, 1.54) is 7.11 Å². The number of rotatable bonds is 1. The molecule has 0 spiro atoms. The van der Waals surface area contributed by atoms with Gasteiger partial charge in [-0.3, -0.25) is 10.0 Å². The molecular formula is C9H9NO4. The van der Waals surface area contributed by atoms with Gasteiger partial charge in [-0.1, -0.05) is 12.1 Å². The minimum absolute atomic E-state index is 0.325. The quantitative estimate of drug-likeness (QED) is 0.672. The van der Waals surface area contributed by atoms with Gasteiger partial charge in [0.25, 0.3) is 6.29 Å². The number of hydrogen-bond acceptors (Lipinski definition) is 4. The zero-order valence-electron chi connectivity index (χ0n) is 7.51. The maximum atomic E-state index is 11.3. The van der Waals surface area contributed by atoms with Gasteiger partial charge in [0.15, 0.2) is 0 Å². The molecule has 1 aromatic carbocycles. The SMILES string of the molecule is CO[C@@H]1Oc2ccccc2N(O)C1=O. The molecule has 0 aliphatic carbocycles. The Hall–Kier alpha value is -1.59.